The highest BCUT2D eigenvalue weighted by molar-refractivity contribution is 6.23. The summed E-state index contributed by atoms with van der Waals surface area (Å²) in [4.78, 5) is 7.93. The van der Waals surface area contributed by atoms with Crippen LogP contribution in [-0.2, 0) is 0 Å². The lowest BCUT2D eigenvalue weighted by Crippen LogP contribution is -2.20. The molecule has 1 rings (SSSR count). The second kappa shape index (κ2) is 3.40. The number of aromatic nitrogens is 2. The van der Waals surface area contributed by atoms with E-state index in [1.54, 1.807) is 18.6 Å². The fourth-order valence-electron chi connectivity index (χ4n) is 0.886. The standard InChI is InChI=1S/C9H13ClN2/c1-7(9(2,3)10)8-6-11-4-5-12-8/h4-7H,1-3H3. The molecule has 0 saturated heterocycles. The molecule has 2 nitrogen and oxygen atoms in total. The average molecular weight is 185 g/mol. The van der Waals surface area contributed by atoms with E-state index in [1.165, 1.54) is 0 Å². The number of rotatable bonds is 2. The third-order valence-corrected chi connectivity index (χ3v) is 2.38. The molecule has 66 valence electrons. The fraction of sp³-hybridized carbons (Fsp3) is 0.556. The summed E-state index contributed by atoms with van der Waals surface area (Å²) in [7, 11) is 0. The Balaban J connectivity index is 2.86. The Morgan fingerprint density at radius 1 is 1.42 bits per heavy atom. The first-order chi connectivity index (χ1) is 5.52. The summed E-state index contributed by atoms with van der Waals surface area (Å²) in [5.41, 5.74) is 0.942. The van der Waals surface area contributed by atoms with Gasteiger partial charge in [-0.2, -0.15) is 0 Å². The summed E-state index contributed by atoms with van der Waals surface area (Å²) in [5, 5.41) is 0. The van der Waals surface area contributed by atoms with E-state index in [4.69, 9.17) is 11.6 Å². The number of hydrogen-bond donors (Lipinski definition) is 0. The first-order valence-corrected chi connectivity index (χ1v) is 4.34. The van der Waals surface area contributed by atoms with Crippen LogP contribution in [0.2, 0.25) is 0 Å². The average Bonchev–Trinajstić information content (AvgIpc) is 2.03. The van der Waals surface area contributed by atoms with Gasteiger partial charge in [-0.15, -0.1) is 11.6 Å². The van der Waals surface area contributed by atoms with Crippen LogP contribution >= 0.6 is 11.6 Å². The molecule has 3 heteroatoms. The molecule has 0 radical (unpaired) electrons. The van der Waals surface area contributed by atoms with Gasteiger partial charge in [0.25, 0.3) is 0 Å². The van der Waals surface area contributed by atoms with Gasteiger partial charge in [0.05, 0.1) is 5.69 Å². The van der Waals surface area contributed by atoms with Crippen molar-refractivity contribution < 1.29 is 0 Å². The molecule has 1 atom stereocenters. The summed E-state index contributed by atoms with van der Waals surface area (Å²) in [6.45, 7) is 6.01. The van der Waals surface area contributed by atoms with Crippen LogP contribution in [0, 0.1) is 0 Å². The molecule has 1 aromatic rings. The van der Waals surface area contributed by atoms with E-state index in [-0.39, 0.29) is 10.8 Å². The van der Waals surface area contributed by atoms with Crippen molar-refractivity contribution in [2.24, 2.45) is 0 Å². The van der Waals surface area contributed by atoms with E-state index in [9.17, 15) is 0 Å². The normalized spacial score (nSPS) is 14.3. The molecule has 0 aliphatic carbocycles. The van der Waals surface area contributed by atoms with Crippen molar-refractivity contribution in [3.05, 3.63) is 24.3 Å². The highest BCUT2D eigenvalue weighted by Crippen LogP contribution is 2.31. The first kappa shape index (κ1) is 9.46. The van der Waals surface area contributed by atoms with Crippen LogP contribution in [0.4, 0.5) is 0 Å². The lowest BCUT2D eigenvalue weighted by molar-refractivity contribution is 0.559. The van der Waals surface area contributed by atoms with Gasteiger partial charge in [0.2, 0.25) is 0 Å². The zero-order chi connectivity index (χ0) is 9.19. The van der Waals surface area contributed by atoms with Gasteiger partial charge in [0, 0.05) is 29.4 Å². The van der Waals surface area contributed by atoms with E-state index in [0.29, 0.717) is 0 Å². The smallest absolute Gasteiger partial charge is 0.0632 e. The number of alkyl halides is 1. The van der Waals surface area contributed by atoms with Gasteiger partial charge in [-0.05, 0) is 13.8 Å². The van der Waals surface area contributed by atoms with E-state index in [1.807, 2.05) is 13.8 Å². The van der Waals surface area contributed by atoms with Gasteiger partial charge in [0.1, 0.15) is 0 Å². The molecule has 0 fully saturated rings. The minimum atomic E-state index is -0.268. The Morgan fingerprint density at radius 2 is 2.08 bits per heavy atom. The van der Waals surface area contributed by atoms with Crippen LogP contribution in [0.3, 0.4) is 0 Å². The quantitative estimate of drug-likeness (QED) is 0.661. The van der Waals surface area contributed by atoms with Crippen molar-refractivity contribution in [1.82, 2.24) is 9.97 Å². The van der Waals surface area contributed by atoms with E-state index >= 15 is 0 Å². The van der Waals surface area contributed by atoms with Crippen LogP contribution in [0.25, 0.3) is 0 Å². The van der Waals surface area contributed by atoms with Crippen molar-refractivity contribution in [2.45, 2.75) is 31.6 Å². The summed E-state index contributed by atoms with van der Waals surface area (Å²) in [6.07, 6.45) is 5.11. The monoisotopic (exact) mass is 184 g/mol. The summed E-state index contributed by atoms with van der Waals surface area (Å²) in [6, 6.07) is 0. The SMILES string of the molecule is CC(c1cnccn1)C(C)(C)Cl. The third kappa shape index (κ3) is 2.18. The Labute approximate surface area is 78.0 Å². The maximum atomic E-state index is 6.15. The lowest BCUT2D eigenvalue weighted by atomic mass is 9.94. The molecule has 0 spiro atoms. The van der Waals surface area contributed by atoms with Crippen molar-refractivity contribution in [2.75, 3.05) is 0 Å². The van der Waals surface area contributed by atoms with E-state index in [0.717, 1.165) is 5.69 Å². The topological polar surface area (TPSA) is 25.8 Å². The summed E-state index contributed by atoms with van der Waals surface area (Å²) in [5.74, 6) is 0.216. The van der Waals surface area contributed by atoms with E-state index < -0.39 is 0 Å². The predicted octanol–water partition coefficient (Wildman–Crippen LogP) is 2.60. The van der Waals surface area contributed by atoms with Gasteiger partial charge in [-0.25, -0.2) is 0 Å². The molecule has 1 unspecified atom stereocenters. The highest BCUT2D eigenvalue weighted by atomic mass is 35.5. The zero-order valence-electron chi connectivity index (χ0n) is 7.58. The molecule has 0 aromatic carbocycles. The molecule has 1 heterocycles. The Morgan fingerprint density at radius 3 is 2.50 bits per heavy atom. The van der Waals surface area contributed by atoms with Crippen molar-refractivity contribution in [3.8, 4) is 0 Å². The molecule has 0 N–H and O–H groups in total. The fourth-order valence-corrected chi connectivity index (χ4v) is 0.998. The van der Waals surface area contributed by atoms with Gasteiger partial charge < -0.3 is 0 Å². The molecule has 12 heavy (non-hydrogen) atoms. The molecular formula is C9H13ClN2. The Bertz CT molecular complexity index is 240. The Kier molecular flexibility index (Phi) is 2.68. The zero-order valence-corrected chi connectivity index (χ0v) is 8.34. The van der Waals surface area contributed by atoms with Crippen LogP contribution < -0.4 is 0 Å². The van der Waals surface area contributed by atoms with Gasteiger partial charge in [-0.3, -0.25) is 9.97 Å². The van der Waals surface area contributed by atoms with Crippen LogP contribution in [-0.4, -0.2) is 14.8 Å². The molecular weight excluding hydrogens is 172 g/mol. The number of halogens is 1. The lowest BCUT2D eigenvalue weighted by Gasteiger charge is -2.23. The first-order valence-electron chi connectivity index (χ1n) is 3.96. The summed E-state index contributed by atoms with van der Waals surface area (Å²) < 4.78 is 0. The van der Waals surface area contributed by atoms with Crippen molar-refractivity contribution in [3.63, 3.8) is 0 Å². The maximum Gasteiger partial charge on any atom is 0.0632 e. The molecule has 0 aliphatic rings. The second-order valence-electron chi connectivity index (χ2n) is 3.42. The minimum absolute atomic E-state index is 0.216. The summed E-state index contributed by atoms with van der Waals surface area (Å²) >= 11 is 6.15. The van der Waals surface area contributed by atoms with Crippen LogP contribution in [0.1, 0.15) is 32.4 Å². The van der Waals surface area contributed by atoms with Crippen LogP contribution in [0.15, 0.2) is 18.6 Å². The third-order valence-electron chi connectivity index (χ3n) is 2.06. The van der Waals surface area contributed by atoms with Gasteiger partial charge >= 0.3 is 0 Å². The largest absolute Gasteiger partial charge is 0.261 e. The molecule has 0 bridgehead atoms. The van der Waals surface area contributed by atoms with Gasteiger partial charge in [0.15, 0.2) is 0 Å². The number of nitrogens with zero attached hydrogens (tertiary/aromatic N) is 2. The van der Waals surface area contributed by atoms with Crippen molar-refractivity contribution in [1.29, 1.82) is 0 Å². The highest BCUT2D eigenvalue weighted by Gasteiger charge is 2.25. The molecule has 0 amide bonds. The second-order valence-corrected chi connectivity index (χ2v) is 4.39. The predicted molar refractivity (Wildman–Crippen MR) is 50.4 cm³/mol. The molecule has 1 aromatic heterocycles. The minimum Gasteiger partial charge on any atom is -0.261 e. The number of hydrogen-bond acceptors (Lipinski definition) is 2. The van der Waals surface area contributed by atoms with Crippen molar-refractivity contribution >= 4 is 11.6 Å². The van der Waals surface area contributed by atoms with Crippen LogP contribution in [0.5, 0.6) is 0 Å². The Hall–Kier alpha value is -0.630. The van der Waals surface area contributed by atoms with E-state index in [2.05, 4.69) is 16.9 Å². The maximum absolute atomic E-state index is 6.15. The van der Waals surface area contributed by atoms with Gasteiger partial charge in [-0.1, -0.05) is 6.92 Å². The molecule has 0 aliphatic heterocycles. The molecule has 0 saturated carbocycles.